The number of rotatable bonds is 5. The number of hydrogen-bond acceptors (Lipinski definition) is 4. The second-order valence-electron chi connectivity index (χ2n) is 5.39. The summed E-state index contributed by atoms with van der Waals surface area (Å²) in [4.78, 5) is 23.8. The van der Waals surface area contributed by atoms with E-state index in [1.165, 1.54) is 7.11 Å². The van der Waals surface area contributed by atoms with E-state index in [9.17, 15) is 9.59 Å². The zero-order valence-electron chi connectivity index (χ0n) is 13.1. The van der Waals surface area contributed by atoms with E-state index >= 15 is 0 Å². The number of methoxy groups -OCH3 is 1. The highest BCUT2D eigenvalue weighted by Gasteiger charge is 2.22. The number of nitrogens with one attached hydrogen (secondary N) is 1. The lowest BCUT2D eigenvalue weighted by atomic mass is 10.1. The Hall–Kier alpha value is -2.53. The highest BCUT2D eigenvalue weighted by Crippen LogP contribution is 2.30. The maximum Gasteiger partial charge on any atom is 0.262 e. The van der Waals surface area contributed by atoms with E-state index in [-0.39, 0.29) is 18.3 Å². The summed E-state index contributed by atoms with van der Waals surface area (Å²) >= 11 is 6.02. The van der Waals surface area contributed by atoms with Crippen LogP contribution in [0.3, 0.4) is 0 Å². The molecule has 0 saturated heterocycles. The molecule has 0 unspecified atom stereocenters. The highest BCUT2D eigenvalue weighted by atomic mass is 35.5. The van der Waals surface area contributed by atoms with Crippen molar-refractivity contribution in [3.63, 3.8) is 0 Å². The minimum Gasteiger partial charge on any atom is -0.495 e. The SMILES string of the molecule is COc1ccc(NC(=O)COc2cccc3c2CCC3=O)cc1Cl. The minimum atomic E-state index is -0.307. The van der Waals surface area contributed by atoms with Crippen LogP contribution < -0.4 is 14.8 Å². The lowest BCUT2D eigenvalue weighted by Gasteiger charge is -2.11. The number of ether oxygens (including phenoxy) is 2. The topological polar surface area (TPSA) is 64.6 Å². The first-order chi connectivity index (χ1) is 11.6. The summed E-state index contributed by atoms with van der Waals surface area (Å²) in [6.07, 6.45) is 1.15. The quantitative estimate of drug-likeness (QED) is 0.900. The van der Waals surface area contributed by atoms with Crippen molar-refractivity contribution in [3.8, 4) is 11.5 Å². The van der Waals surface area contributed by atoms with E-state index < -0.39 is 0 Å². The molecule has 5 nitrogen and oxygen atoms in total. The third-order valence-electron chi connectivity index (χ3n) is 3.83. The molecule has 0 fully saturated rings. The second kappa shape index (κ2) is 6.93. The fraction of sp³-hybridized carbons (Fsp3) is 0.222. The number of ketones is 1. The van der Waals surface area contributed by atoms with Crippen molar-refractivity contribution < 1.29 is 19.1 Å². The third-order valence-corrected chi connectivity index (χ3v) is 4.13. The normalized spacial score (nSPS) is 12.7. The first-order valence-electron chi connectivity index (χ1n) is 7.50. The van der Waals surface area contributed by atoms with Crippen molar-refractivity contribution in [1.82, 2.24) is 0 Å². The molecule has 0 spiro atoms. The Morgan fingerprint density at radius 2 is 2.04 bits per heavy atom. The average Bonchev–Trinajstić information content (AvgIpc) is 2.95. The predicted molar refractivity (Wildman–Crippen MR) is 91.2 cm³/mol. The molecular formula is C18H16ClNO4. The third kappa shape index (κ3) is 3.36. The van der Waals surface area contributed by atoms with E-state index in [2.05, 4.69) is 5.32 Å². The van der Waals surface area contributed by atoms with Gasteiger partial charge in [-0.15, -0.1) is 0 Å². The van der Waals surface area contributed by atoms with Gasteiger partial charge in [0.25, 0.3) is 5.91 Å². The Bertz CT molecular complexity index is 804. The van der Waals surface area contributed by atoms with Crippen molar-refractivity contribution in [3.05, 3.63) is 52.5 Å². The number of carbonyl (C=O) groups is 2. The number of benzene rings is 2. The maximum absolute atomic E-state index is 12.0. The first kappa shape index (κ1) is 16.3. The van der Waals surface area contributed by atoms with Crippen LogP contribution in [0.4, 0.5) is 5.69 Å². The van der Waals surface area contributed by atoms with E-state index in [0.29, 0.717) is 40.6 Å². The molecule has 0 aliphatic heterocycles. The Morgan fingerprint density at radius 3 is 2.79 bits per heavy atom. The summed E-state index contributed by atoms with van der Waals surface area (Å²) in [5.74, 6) is 0.933. The van der Waals surface area contributed by atoms with Crippen LogP contribution in [0.5, 0.6) is 11.5 Å². The van der Waals surface area contributed by atoms with Crippen LogP contribution in [0.1, 0.15) is 22.3 Å². The molecule has 1 aliphatic carbocycles. The Balaban J connectivity index is 1.63. The van der Waals surface area contributed by atoms with E-state index in [4.69, 9.17) is 21.1 Å². The van der Waals surface area contributed by atoms with Gasteiger partial charge in [-0.05, 0) is 30.7 Å². The Morgan fingerprint density at radius 1 is 1.21 bits per heavy atom. The molecule has 1 aliphatic rings. The average molecular weight is 346 g/mol. The van der Waals surface area contributed by atoms with Gasteiger partial charge in [-0.3, -0.25) is 9.59 Å². The molecule has 3 rings (SSSR count). The van der Waals surface area contributed by atoms with Gasteiger partial charge in [0.1, 0.15) is 11.5 Å². The van der Waals surface area contributed by atoms with Gasteiger partial charge < -0.3 is 14.8 Å². The summed E-state index contributed by atoms with van der Waals surface area (Å²) in [6.45, 7) is -0.145. The van der Waals surface area contributed by atoms with Crippen molar-refractivity contribution in [2.75, 3.05) is 19.0 Å². The van der Waals surface area contributed by atoms with Gasteiger partial charge in [-0.25, -0.2) is 0 Å². The number of anilines is 1. The molecule has 1 amide bonds. The molecule has 2 aromatic carbocycles. The summed E-state index contributed by atoms with van der Waals surface area (Å²) < 4.78 is 10.6. The maximum atomic E-state index is 12.0. The Labute approximate surface area is 144 Å². The van der Waals surface area contributed by atoms with Crippen LogP contribution in [0.15, 0.2) is 36.4 Å². The molecule has 0 saturated carbocycles. The zero-order valence-corrected chi connectivity index (χ0v) is 13.9. The largest absolute Gasteiger partial charge is 0.495 e. The van der Waals surface area contributed by atoms with Gasteiger partial charge in [-0.2, -0.15) is 0 Å². The van der Waals surface area contributed by atoms with Crippen LogP contribution in [0.2, 0.25) is 5.02 Å². The molecule has 24 heavy (non-hydrogen) atoms. The molecule has 0 radical (unpaired) electrons. The number of carbonyl (C=O) groups excluding carboxylic acids is 2. The lowest BCUT2D eigenvalue weighted by Crippen LogP contribution is -2.20. The monoisotopic (exact) mass is 345 g/mol. The van der Waals surface area contributed by atoms with Crippen LogP contribution in [0, 0.1) is 0 Å². The molecule has 2 aromatic rings. The van der Waals surface area contributed by atoms with Crippen LogP contribution in [-0.4, -0.2) is 25.4 Å². The Kier molecular flexibility index (Phi) is 4.71. The lowest BCUT2D eigenvalue weighted by molar-refractivity contribution is -0.118. The van der Waals surface area contributed by atoms with E-state index in [1.807, 2.05) is 0 Å². The summed E-state index contributed by atoms with van der Waals surface area (Å²) in [7, 11) is 1.52. The van der Waals surface area contributed by atoms with Gasteiger partial charge in [-0.1, -0.05) is 23.7 Å². The predicted octanol–water partition coefficient (Wildman–Crippen LogP) is 3.50. The van der Waals surface area contributed by atoms with Gasteiger partial charge in [0.05, 0.1) is 12.1 Å². The first-order valence-corrected chi connectivity index (χ1v) is 7.87. The molecule has 124 valence electrons. The van der Waals surface area contributed by atoms with Gasteiger partial charge >= 0.3 is 0 Å². The van der Waals surface area contributed by atoms with Crippen molar-refractivity contribution in [2.45, 2.75) is 12.8 Å². The van der Waals surface area contributed by atoms with Crippen molar-refractivity contribution in [1.29, 1.82) is 0 Å². The molecule has 0 atom stereocenters. The number of amides is 1. The number of Topliss-reactive ketones (excluding diaryl/α,β-unsaturated/α-hetero) is 1. The van der Waals surface area contributed by atoms with Gasteiger partial charge in [0, 0.05) is 23.2 Å². The molecule has 0 bridgehead atoms. The van der Waals surface area contributed by atoms with Crippen LogP contribution in [-0.2, 0) is 11.2 Å². The molecular weight excluding hydrogens is 330 g/mol. The van der Waals surface area contributed by atoms with Gasteiger partial charge in [0.2, 0.25) is 0 Å². The van der Waals surface area contributed by atoms with E-state index in [1.54, 1.807) is 36.4 Å². The smallest absolute Gasteiger partial charge is 0.262 e. The van der Waals surface area contributed by atoms with Gasteiger partial charge in [0.15, 0.2) is 12.4 Å². The highest BCUT2D eigenvalue weighted by molar-refractivity contribution is 6.32. The number of fused-ring (bicyclic) bond motifs is 1. The van der Waals surface area contributed by atoms with Crippen molar-refractivity contribution in [2.24, 2.45) is 0 Å². The zero-order chi connectivity index (χ0) is 17.1. The summed E-state index contributed by atoms with van der Waals surface area (Å²) in [5.41, 5.74) is 2.13. The van der Waals surface area contributed by atoms with Crippen LogP contribution >= 0.6 is 11.6 Å². The number of halogens is 1. The van der Waals surface area contributed by atoms with Crippen molar-refractivity contribution >= 4 is 29.0 Å². The van der Waals surface area contributed by atoms with E-state index in [0.717, 1.165) is 5.56 Å². The fourth-order valence-corrected chi connectivity index (χ4v) is 2.94. The summed E-state index contributed by atoms with van der Waals surface area (Å²) in [6, 6.07) is 10.3. The van der Waals surface area contributed by atoms with Crippen LogP contribution in [0.25, 0.3) is 0 Å². The molecule has 0 heterocycles. The minimum absolute atomic E-state index is 0.118. The fourth-order valence-electron chi connectivity index (χ4n) is 2.68. The second-order valence-corrected chi connectivity index (χ2v) is 5.80. The standard InChI is InChI=1S/C18H16ClNO4/c1-23-17-8-5-11(9-14(17)19)20-18(22)10-24-16-4-2-3-12-13(16)6-7-15(12)21/h2-5,8-9H,6-7,10H2,1H3,(H,20,22). The molecule has 0 aromatic heterocycles. The number of hydrogen-bond donors (Lipinski definition) is 1. The molecule has 6 heteroatoms. The summed E-state index contributed by atoms with van der Waals surface area (Å²) in [5, 5.41) is 3.12. The molecule has 1 N–H and O–H groups in total.